The number of fused-ring (bicyclic) bond motifs is 3. The van der Waals surface area contributed by atoms with Crippen molar-refractivity contribution < 1.29 is 0 Å². The Bertz CT molecular complexity index is 9720. The van der Waals surface area contributed by atoms with E-state index in [4.69, 9.17) is 0 Å². The van der Waals surface area contributed by atoms with Gasteiger partial charge in [-0.25, -0.2) is 0 Å². The molecule has 0 saturated heterocycles. The summed E-state index contributed by atoms with van der Waals surface area (Å²) in [5.41, 5.74) is 2.29. The monoisotopic (exact) mass is 1970 g/mol. The van der Waals surface area contributed by atoms with Crippen LogP contribution in [0.5, 0.6) is 0 Å². The smallest absolute Gasteiger partial charge is 0.261 e. The molecule has 0 unspecified atom stereocenters. The van der Waals surface area contributed by atoms with Crippen molar-refractivity contribution >= 4 is 243 Å². The molecule has 0 fully saturated rings. The van der Waals surface area contributed by atoms with Gasteiger partial charge in [-0.05, 0) is 207 Å². The van der Waals surface area contributed by atoms with Crippen molar-refractivity contribution in [1.29, 1.82) is 0 Å². The summed E-state index contributed by atoms with van der Waals surface area (Å²) in [6.45, 7) is 32.6. The second-order valence-electron chi connectivity index (χ2n) is 41.2. The van der Waals surface area contributed by atoms with E-state index in [9.17, 15) is 19.2 Å². The lowest BCUT2D eigenvalue weighted by Gasteiger charge is -2.24. The molecule has 9 heterocycles. The second-order valence-corrected chi connectivity index (χ2v) is 42.1. The normalized spacial score (nSPS) is 13.0. The van der Waals surface area contributed by atoms with Crippen molar-refractivity contribution in [2.24, 2.45) is 0 Å². The van der Waals surface area contributed by atoms with E-state index < -0.39 is 23.2 Å². The van der Waals surface area contributed by atoms with Crippen LogP contribution in [0.25, 0.3) is 238 Å². The zero-order chi connectivity index (χ0) is 99.3. The van der Waals surface area contributed by atoms with Crippen LogP contribution < -0.4 is 66.7 Å². The lowest BCUT2D eigenvalue weighted by Crippen LogP contribution is -2.36. The highest BCUT2D eigenvalue weighted by Crippen LogP contribution is 2.58. The number of halogens is 1. The first-order valence-corrected chi connectivity index (χ1v) is 53.9. The first kappa shape index (κ1) is 94.8. The summed E-state index contributed by atoms with van der Waals surface area (Å²) < 4.78 is 16.4. The van der Waals surface area contributed by atoms with Gasteiger partial charge < -0.3 is 13.7 Å². The molecule has 0 radical (unpaired) electrons. The van der Waals surface area contributed by atoms with Crippen LogP contribution in [-0.2, 0) is 19.6 Å². The molecule has 0 spiro atoms. The summed E-state index contributed by atoms with van der Waals surface area (Å²) in [5, 5.41) is 23.7. The summed E-state index contributed by atoms with van der Waals surface area (Å²) >= 11 is 3.88. The Morgan fingerprint density at radius 1 is 0.189 bits per heavy atom. The summed E-state index contributed by atoms with van der Waals surface area (Å²) in [7, 11) is 0. The molecule has 22 heteroatoms. The highest BCUT2D eigenvalue weighted by Gasteiger charge is 2.39. The minimum absolute atomic E-state index is 0. The third-order valence-electron chi connectivity index (χ3n) is 34.4. The van der Waals surface area contributed by atoms with Crippen molar-refractivity contribution in [2.45, 2.75) is 321 Å². The Morgan fingerprint density at radius 3 is 0.594 bits per heavy atom. The highest BCUT2D eigenvalue weighted by molar-refractivity contribution is 9.10. The lowest BCUT2D eigenvalue weighted by atomic mass is 9.79. The molecule has 9 aromatic heterocycles. The van der Waals surface area contributed by atoms with Crippen LogP contribution in [0.15, 0.2) is 153 Å². The third-order valence-corrected chi connectivity index (χ3v) is 35.0. The zero-order valence-electron chi connectivity index (χ0n) is 84.0. The zero-order valence-corrected chi connectivity index (χ0v) is 85.6. The standard InChI is InChI=1S/C80H80N6O8.C40H40BrN3O4.CH4/c1-11-21-23-25-31-81-55-35-51-61-45(73(87)83(77(51)91)39(13-3)14-4)29-27-43-59-47(33-49-63-53(79(93)85(75(49)89)41(17-7)18-8)37-57(81)69(71(59)63)67(55)65(43)61)48-34-50-64-54(80(94)86(76(50)90)42(19-9)20-10)38-58-70-68-56(82(58)32-26-24-22-12-2)36-52-62-46(30-28-44(66(62)68)60(48)72(64)70)74(88)84(78(52)92)40(15-5)16-6;1-6-11-12-13-16-42-28-18-25-30-23(37(45)43(39(25)47)20(7-2)8-3)15-14-22-32-27(41)17-24-31-26(40(48)44(38(24)46)21(9-4)10-5)19-29(42)35(36(31)32)34(28)33(22)30;/h27-30,33-42H,11-26,31-32H2,1-10H3;14-15,17-21H,6-13,16H2,1-5H3;1H4. The number of benzene rings is 15. The summed E-state index contributed by atoms with van der Waals surface area (Å²) in [6.07, 6.45) is 19.1. The molecule has 21 nitrogen and oxygen atoms in total. The van der Waals surface area contributed by atoms with Crippen LogP contribution in [0.1, 0.15) is 302 Å². The lowest BCUT2D eigenvalue weighted by molar-refractivity contribution is 0.451. The Morgan fingerprint density at radius 2 is 0.371 bits per heavy atom. The first-order valence-electron chi connectivity index (χ1n) is 53.1. The van der Waals surface area contributed by atoms with Crippen molar-refractivity contribution in [3.05, 3.63) is 220 Å². The number of aryl methyl sites for hydroxylation is 3. The predicted molar refractivity (Wildman–Crippen MR) is 602 cm³/mol. The van der Waals surface area contributed by atoms with Gasteiger partial charge in [-0.2, -0.15) is 0 Å². The molecule has 0 aliphatic carbocycles. The van der Waals surface area contributed by atoms with Gasteiger partial charge in [0.25, 0.3) is 66.7 Å². The van der Waals surface area contributed by atoms with E-state index in [0.29, 0.717) is 231 Å². The number of unbranched alkanes of at least 4 members (excludes halogenated alkanes) is 9. The van der Waals surface area contributed by atoms with Gasteiger partial charge in [-0.3, -0.25) is 84.9 Å². The van der Waals surface area contributed by atoms with Crippen LogP contribution in [0.4, 0.5) is 0 Å². The van der Waals surface area contributed by atoms with Crippen molar-refractivity contribution in [2.75, 3.05) is 0 Å². The number of nitrogens with zero attached hydrogens (tertiary/aromatic N) is 9. The van der Waals surface area contributed by atoms with Crippen molar-refractivity contribution in [3.63, 3.8) is 0 Å². The van der Waals surface area contributed by atoms with Gasteiger partial charge in [0.1, 0.15) is 0 Å². The molecule has 15 aromatic carbocycles. The maximum Gasteiger partial charge on any atom is 0.261 e. The Labute approximate surface area is 830 Å². The molecule has 0 bridgehead atoms. The SMILES string of the molecule is C.CCCCCCn1c2cc3c(=O)n(C(CC)CC)c(=O)c4ccc5c6c(-c7cc8c(=O)n(C(CC)CC)c(=O)c9cc%10c%11c(c7c7ccc%12c(=O)n(C(CC)CC)c(=O)c%13cc(c%11c7c%12%13)n%10CCCCCC)c89)cc7c(=O)n(C(CC)CC)c(=O)c8cc1c(c6c78)c2c5c43.CCCCCCn1c2cc3c(=O)n(C(CC)CC)c(=O)c4ccc5c6c(Br)cc7c(=O)n(C(CC)CC)c(=O)c8cc1c(c6c78)c2c5c43. The molecular weight excluding hydrogens is 1850 g/mol. The molecule has 143 heavy (non-hydrogen) atoms. The minimum atomic E-state index is -0.431. The quantitative estimate of drug-likeness (QED) is 0.0207. The fraction of sp³-hybridized carbons (Fsp3) is 0.405. The summed E-state index contributed by atoms with van der Waals surface area (Å²) in [5.74, 6) is 0. The van der Waals surface area contributed by atoms with Crippen molar-refractivity contribution in [3.8, 4) is 11.1 Å². The molecule has 0 amide bonds. The van der Waals surface area contributed by atoms with E-state index in [1.807, 2.05) is 174 Å². The van der Waals surface area contributed by atoms with Crippen LogP contribution in [0.2, 0.25) is 0 Å². The molecule has 0 aliphatic rings. The largest absolute Gasteiger partial charge is 0.340 e. The van der Waals surface area contributed by atoms with E-state index in [1.165, 1.54) is 27.4 Å². The molecule has 0 atom stereocenters. The van der Waals surface area contributed by atoms with Crippen LogP contribution in [-0.4, -0.2) is 41.1 Å². The van der Waals surface area contributed by atoms with Gasteiger partial charge in [0.15, 0.2) is 0 Å². The van der Waals surface area contributed by atoms with Gasteiger partial charge in [0, 0.05) is 195 Å². The van der Waals surface area contributed by atoms with Gasteiger partial charge >= 0.3 is 0 Å². The average molecular weight is 1980 g/mol. The Balaban J connectivity index is 0.000000200. The molecule has 0 saturated carbocycles. The predicted octanol–water partition coefficient (Wildman–Crippen LogP) is 27.4. The van der Waals surface area contributed by atoms with Crippen LogP contribution >= 0.6 is 15.9 Å². The van der Waals surface area contributed by atoms with Gasteiger partial charge in [0.2, 0.25) is 0 Å². The van der Waals surface area contributed by atoms with Gasteiger partial charge in [0.05, 0.1) is 65.4 Å². The van der Waals surface area contributed by atoms with E-state index in [1.54, 1.807) is 0 Å². The minimum Gasteiger partial charge on any atom is -0.340 e. The number of hydrogen-bond donors (Lipinski definition) is 0. The van der Waals surface area contributed by atoms with Gasteiger partial charge in [-0.15, -0.1) is 0 Å². The van der Waals surface area contributed by atoms with E-state index in [-0.39, 0.29) is 87.2 Å². The van der Waals surface area contributed by atoms with E-state index in [0.717, 1.165) is 186 Å². The van der Waals surface area contributed by atoms with E-state index >= 15 is 38.4 Å². The fourth-order valence-corrected chi connectivity index (χ4v) is 28.1. The highest BCUT2D eigenvalue weighted by atomic mass is 79.9. The maximum absolute atomic E-state index is 16.2. The van der Waals surface area contributed by atoms with Crippen molar-refractivity contribution in [1.82, 2.24) is 41.1 Å². The van der Waals surface area contributed by atoms with Gasteiger partial charge in [-0.1, -0.05) is 203 Å². The number of pyridine rings is 6. The molecule has 732 valence electrons. The Kier molecular flexibility index (Phi) is 23.3. The molecule has 0 aliphatic heterocycles. The van der Waals surface area contributed by atoms with E-state index in [2.05, 4.69) is 50.4 Å². The van der Waals surface area contributed by atoms with Crippen LogP contribution in [0.3, 0.4) is 0 Å². The summed E-state index contributed by atoms with van der Waals surface area (Å²) in [4.78, 5) is 183. The third kappa shape index (κ3) is 12.5. The number of aromatic nitrogens is 9. The molecule has 24 rings (SSSR count). The first-order chi connectivity index (χ1) is 68.9. The molecular formula is C121H124BrN9O12. The second kappa shape index (κ2) is 35.2. The fourth-order valence-electron chi connectivity index (χ4n) is 27.4. The molecule has 0 N–H and O–H groups in total. The Hall–Kier alpha value is -13.1. The molecule has 24 aromatic rings. The topological polar surface area (TPSA) is 249 Å². The number of rotatable bonds is 34. The maximum atomic E-state index is 16.2. The number of hydrogen-bond acceptors (Lipinski definition) is 12. The average Bonchev–Trinajstić information content (AvgIpc) is 1.59. The summed E-state index contributed by atoms with van der Waals surface area (Å²) in [6, 6.07) is 27.4. The van der Waals surface area contributed by atoms with Crippen LogP contribution in [0, 0.1) is 0 Å².